The number of aromatic carboxylic acids is 1. The SMILES string of the molecule is C/C(=N\NC(=O)Nc1cc(F)cc(F)c1)c1ncccc1C(=O)[O-].CCOCC.[Na+]. The number of urea groups is 1. The van der Waals surface area contributed by atoms with Crippen molar-refractivity contribution in [3.05, 3.63) is 59.4 Å². The summed E-state index contributed by atoms with van der Waals surface area (Å²) < 4.78 is 30.9. The van der Waals surface area contributed by atoms with E-state index in [-0.39, 0.29) is 52.2 Å². The summed E-state index contributed by atoms with van der Waals surface area (Å²) in [4.78, 5) is 26.5. The smallest absolute Gasteiger partial charge is 0.545 e. The van der Waals surface area contributed by atoms with Crippen LogP contribution in [0.2, 0.25) is 0 Å². The number of nitrogens with zero attached hydrogens (tertiary/aromatic N) is 2. The number of benzene rings is 1. The van der Waals surface area contributed by atoms with Gasteiger partial charge in [-0.1, -0.05) is 0 Å². The van der Waals surface area contributed by atoms with Crippen LogP contribution in [0.25, 0.3) is 0 Å². The summed E-state index contributed by atoms with van der Waals surface area (Å²) in [5.41, 5.74) is 1.91. The third-order valence-corrected chi connectivity index (χ3v) is 3.22. The molecule has 156 valence electrons. The van der Waals surface area contributed by atoms with E-state index in [1.54, 1.807) is 0 Å². The number of rotatable bonds is 6. The summed E-state index contributed by atoms with van der Waals surface area (Å²) in [5, 5.41) is 16.9. The van der Waals surface area contributed by atoms with E-state index < -0.39 is 23.6 Å². The molecule has 2 amide bonds. The first-order chi connectivity index (χ1) is 13.8. The Hall–Kier alpha value is -2.40. The molecule has 2 rings (SSSR count). The number of amides is 2. The zero-order valence-corrected chi connectivity index (χ0v) is 19.2. The van der Waals surface area contributed by atoms with Gasteiger partial charge < -0.3 is 20.0 Å². The molecule has 0 aliphatic carbocycles. The van der Waals surface area contributed by atoms with Gasteiger partial charge in [0, 0.05) is 36.7 Å². The molecule has 1 aromatic carbocycles. The topological polar surface area (TPSA) is 116 Å². The third kappa shape index (κ3) is 9.88. The van der Waals surface area contributed by atoms with Crippen molar-refractivity contribution in [2.24, 2.45) is 5.10 Å². The number of hydrazone groups is 1. The molecule has 8 nitrogen and oxygen atoms in total. The summed E-state index contributed by atoms with van der Waals surface area (Å²) >= 11 is 0. The van der Waals surface area contributed by atoms with Gasteiger partial charge in [-0.15, -0.1) is 0 Å². The third-order valence-electron chi connectivity index (χ3n) is 3.22. The number of hydrogen-bond acceptors (Lipinski definition) is 6. The quantitative estimate of drug-likeness (QED) is 0.358. The summed E-state index contributed by atoms with van der Waals surface area (Å²) in [6, 6.07) is 4.34. The number of carbonyl (C=O) groups excluding carboxylic acids is 2. The van der Waals surface area contributed by atoms with Crippen LogP contribution in [0.4, 0.5) is 19.3 Å². The number of anilines is 1. The molecule has 0 saturated carbocycles. The predicted octanol–water partition coefficient (Wildman–Crippen LogP) is -0.684. The van der Waals surface area contributed by atoms with Crippen molar-refractivity contribution >= 4 is 23.4 Å². The Morgan fingerprint density at radius 3 is 2.27 bits per heavy atom. The van der Waals surface area contributed by atoms with Gasteiger partial charge in [-0.2, -0.15) is 5.10 Å². The molecule has 1 heterocycles. The van der Waals surface area contributed by atoms with Crippen LogP contribution >= 0.6 is 0 Å². The van der Waals surface area contributed by atoms with Crippen molar-refractivity contribution in [2.45, 2.75) is 20.8 Å². The Kier molecular flexibility index (Phi) is 13.4. The van der Waals surface area contributed by atoms with Gasteiger partial charge >= 0.3 is 35.6 Å². The molecule has 0 spiro atoms. The Balaban J connectivity index is 0.00000125. The average molecular weight is 430 g/mol. The molecular formula is C19H21F2N4NaO4. The van der Waals surface area contributed by atoms with Crippen molar-refractivity contribution in [3.63, 3.8) is 0 Å². The van der Waals surface area contributed by atoms with E-state index in [1.807, 2.05) is 13.8 Å². The molecule has 0 saturated heterocycles. The molecule has 0 atom stereocenters. The normalized spacial score (nSPS) is 10.2. The fourth-order valence-electron chi connectivity index (χ4n) is 2.04. The minimum absolute atomic E-state index is 0. The summed E-state index contributed by atoms with van der Waals surface area (Å²) in [6.45, 7) is 7.09. The second-order valence-corrected chi connectivity index (χ2v) is 5.39. The zero-order valence-electron chi connectivity index (χ0n) is 17.2. The minimum atomic E-state index is -1.44. The molecule has 0 unspecified atom stereocenters. The van der Waals surface area contributed by atoms with E-state index in [9.17, 15) is 23.5 Å². The maximum atomic E-state index is 13.0. The Labute approximate surface area is 195 Å². The molecule has 0 fully saturated rings. The molecule has 0 aliphatic rings. The number of hydrogen-bond donors (Lipinski definition) is 2. The molecular weight excluding hydrogens is 409 g/mol. The first-order valence-corrected chi connectivity index (χ1v) is 8.60. The van der Waals surface area contributed by atoms with E-state index >= 15 is 0 Å². The summed E-state index contributed by atoms with van der Waals surface area (Å²) in [5.74, 6) is -3.14. The standard InChI is InChI=1S/C15H12F2N4O3.C4H10O.Na/c1-8(13-12(14(22)23)3-2-4-18-13)20-21-15(24)19-11-6-9(16)5-10(17)7-11;1-3-5-4-2;/h2-7H,1H3,(H,22,23)(H2,19,21,24);3-4H2,1-2H3;/q;;+1/p-1/b20-8+;;. The van der Waals surface area contributed by atoms with E-state index in [4.69, 9.17) is 4.74 Å². The maximum Gasteiger partial charge on any atom is 1.00 e. The molecule has 11 heteroatoms. The Morgan fingerprint density at radius 2 is 1.77 bits per heavy atom. The van der Waals surface area contributed by atoms with Crippen LogP contribution in [0.3, 0.4) is 0 Å². The number of ether oxygens (including phenoxy) is 1. The van der Waals surface area contributed by atoms with E-state index in [2.05, 4.69) is 20.8 Å². The van der Waals surface area contributed by atoms with Crippen LogP contribution in [0.15, 0.2) is 41.6 Å². The number of nitrogens with one attached hydrogen (secondary N) is 2. The zero-order chi connectivity index (χ0) is 21.8. The van der Waals surface area contributed by atoms with Gasteiger partial charge in [0.15, 0.2) is 0 Å². The molecule has 0 radical (unpaired) electrons. The second-order valence-electron chi connectivity index (χ2n) is 5.39. The summed E-state index contributed by atoms with van der Waals surface area (Å²) in [6.07, 6.45) is 1.36. The Morgan fingerprint density at radius 1 is 1.17 bits per heavy atom. The molecule has 2 N–H and O–H groups in total. The molecule has 1 aromatic heterocycles. The summed E-state index contributed by atoms with van der Waals surface area (Å²) in [7, 11) is 0. The van der Waals surface area contributed by atoms with Gasteiger partial charge in [0.2, 0.25) is 0 Å². The van der Waals surface area contributed by atoms with Gasteiger partial charge in [-0.3, -0.25) is 4.98 Å². The van der Waals surface area contributed by atoms with E-state index in [0.717, 1.165) is 25.3 Å². The number of carboxylic acid groups (broad SMARTS) is 1. The fraction of sp³-hybridized carbons (Fsp3) is 0.263. The van der Waals surface area contributed by atoms with E-state index in [0.29, 0.717) is 6.07 Å². The van der Waals surface area contributed by atoms with Gasteiger partial charge in [-0.25, -0.2) is 19.0 Å². The predicted molar refractivity (Wildman–Crippen MR) is 101 cm³/mol. The second kappa shape index (κ2) is 14.6. The van der Waals surface area contributed by atoms with E-state index in [1.165, 1.54) is 25.3 Å². The van der Waals surface area contributed by atoms with Crippen molar-refractivity contribution in [3.8, 4) is 0 Å². The number of aromatic nitrogens is 1. The monoisotopic (exact) mass is 430 g/mol. The Bertz CT molecular complexity index is 859. The van der Waals surface area contributed by atoms with Crippen LogP contribution in [-0.2, 0) is 4.74 Å². The number of halogens is 2. The van der Waals surface area contributed by atoms with Crippen LogP contribution in [0.5, 0.6) is 0 Å². The van der Waals surface area contributed by atoms with Gasteiger partial charge in [0.1, 0.15) is 11.6 Å². The minimum Gasteiger partial charge on any atom is -0.545 e. The number of carbonyl (C=O) groups is 2. The van der Waals surface area contributed by atoms with Gasteiger partial charge in [0.05, 0.1) is 17.4 Å². The van der Waals surface area contributed by atoms with Crippen LogP contribution in [0.1, 0.15) is 36.8 Å². The average Bonchev–Trinajstić information content (AvgIpc) is 2.66. The van der Waals surface area contributed by atoms with Crippen molar-refractivity contribution in [2.75, 3.05) is 18.5 Å². The van der Waals surface area contributed by atoms with Crippen LogP contribution in [-0.4, -0.2) is 35.9 Å². The van der Waals surface area contributed by atoms with Crippen molar-refractivity contribution in [1.29, 1.82) is 0 Å². The van der Waals surface area contributed by atoms with Crippen molar-refractivity contribution < 1.29 is 57.8 Å². The largest absolute Gasteiger partial charge is 1.00 e. The fourth-order valence-corrected chi connectivity index (χ4v) is 2.04. The number of pyridine rings is 1. The number of carboxylic acids is 1. The van der Waals surface area contributed by atoms with Crippen LogP contribution in [0, 0.1) is 11.6 Å². The van der Waals surface area contributed by atoms with Gasteiger partial charge in [0.25, 0.3) is 0 Å². The first-order valence-electron chi connectivity index (χ1n) is 8.60. The first kappa shape index (κ1) is 27.6. The maximum absolute atomic E-state index is 13.0. The van der Waals surface area contributed by atoms with Crippen molar-refractivity contribution in [1.82, 2.24) is 10.4 Å². The molecule has 0 aliphatic heterocycles. The van der Waals surface area contributed by atoms with Crippen LogP contribution < -0.4 is 45.4 Å². The molecule has 0 bridgehead atoms. The van der Waals surface area contributed by atoms with Gasteiger partial charge in [-0.05, 0) is 45.0 Å². The molecule has 2 aromatic rings. The molecule has 30 heavy (non-hydrogen) atoms.